The largest absolute Gasteiger partial charge is 0.318 e. The van der Waals surface area contributed by atoms with E-state index >= 15 is 0 Å². The highest BCUT2D eigenvalue weighted by molar-refractivity contribution is 7.99. The SMILES string of the molecule is O=C1Nc2cnc(Cl)nc2Sc2ccccc21. The molecule has 2 aromatic rings. The number of aromatic nitrogens is 2. The Bertz CT molecular complexity index is 617. The van der Waals surface area contributed by atoms with Crippen LogP contribution in [0.3, 0.4) is 0 Å². The second-order valence-electron chi connectivity index (χ2n) is 3.41. The fraction of sp³-hybridized carbons (Fsp3) is 0. The number of carbonyl (C=O) groups is 1. The highest BCUT2D eigenvalue weighted by Gasteiger charge is 2.20. The number of nitrogens with zero attached hydrogens (tertiary/aromatic N) is 2. The predicted octanol–water partition coefficient (Wildman–Crippen LogP) is 2.85. The summed E-state index contributed by atoms with van der Waals surface area (Å²) in [6.45, 7) is 0. The third-order valence-electron chi connectivity index (χ3n) is 2.31. The Balaban J connectivity index is 2.18. The normalized spacial score (nSPS) is 13.4. The van der Waals surface area contributed by atoms with Crippen LogP contribution in [0.5, 0.6) is 0 Å². The minimum Gasteiger partial charge on any atom is -0.318 e. The van der Waals surface area contributed by atoms with E-state index in [1.54, 1.807) is 6.07 Å². The maximum Gasteiger partial charge on any atom is 0.256 e. The van der Waals surface area contributed by atoms with Crippen LogP contribution in [-0.4, -0.2) is 15.9 Å². The second kappa shape index (κ2) is 4.01. The van der Waals surface area contributed by atoms with Gasteiger partial charge in [-0.25, -0.2) is 9.97 Å². The lowest BCUT2D eigenvalue weighted by Gasteiger charge is -2.03. The summed E-state index contributed by atoms with van der Waals surface area (Å²) < 4.78 is 0. The molecule has 1 aromatic carbocycles. The highest BCUT2D eigenvalue weighted by atomic mass is 35.5. The molecule has 1 aliphatic rings. The van der Waals surface area contributed by atoms with Gasteiger partial charge in [-0.1, -0.05) is 23.9 Å². The van der Waals surface area contributed by atoms with Crippen LogP contribution in [0.25, 0.3) is 0 Å². The van der Waals surface area contributed by atoms with E-state index in [9.17, 15) is 4.79 Å². The van der Waals surface area contributed by atoms with Crippen molar-refractivity contribution in [1.29, 1.82) is 0 Å². The van der Waals surface area contributed by atoms with Crippen molar-refractivity contribution < 1.29 is 4.79 Å². The van der Waals surface area contributed by atoms with Gasteiger partial charge in [0.2, 0.25) is 5.28 Å². The maximum atomic E-state index is 11.9. The molecule has 0 aliphatic carbocycles. The van der Waals surface area contributed by atoms with Crippen LogP contribution in [0.1, 0.15) is 10.4 Å². The van der Waals surface area contributed by atoms with Crippen molar-refractivity contribution in [3.8, 4) is 0 Å². The minimum absolute atomic E-state index is 0.155. The predicted molar refractivity (Wildman–Crippen MR) is 65.6 cm³/mol. The molecule has 2 heterocycles. The summed E-state index contributed by atoms with van der Waals surface area (Å²) in [6, 6.07) is 7.36. The van der Waals surface area contributed by atoms with Gasteiger partial charge in [0.1, 0.15) is 5.03 Å². The van der Waals surface area contributed by atoms with E-state index in [1.165, 1.54) is 18.0 Å². The number of nitrogens with one attached hydrogen (secondary N) is 1. The molecule has 0 atom stereocenters. The van der Waals surface area contributed by atoms with Crippen molar-refractivity contribution in [1.82, 2.24) is 9.97 Å². The number of hydrogen-bond donors (Lipinski definition) is 1. The molecule has 3 rings (SSSR count). The molecule has 1 N–H and O–H groups in total. The van der Waals surface area contributed by atoms with E-state index in [2.05, 4.69) is 15.3 Å². The summed E-state index contributed by atoms with van der Waals surface area (Å²) in [5.41, 5.74) is 1.22. The lowest BCUT2D eigenvalue weighted by Crippen LogP contribution is -2.11. The van der Waals surface area contributed by atoms with Crippen LogP contribution in [0.15, 0.2) is 40.4 Å². The summed E-state index contributed by atoms with van der Waals surface area (Å²) >= 11 is 7.15. The van der Waals surface area contributed by atoms with E-state index in [1.807, 2.05) is 18.2 Å². The van der Waals surface area contributed by atoms with Crippen LogP contribution in [0, 0.1) is 0 Å². The van der Waals surface area contributed by atoms with Crippen LogP contribution in [0.4, 0.5) is 5.69 Å². The first kappa shape index (κ1) is 10.6. The number of fused-ring (bicyclic) bond motifs is 2. The zero-order valence-corrected chi connectivity index (χ0v) is 10.0. The maximum absolute atomic E-state index is 11.9. The lowest BCUT2D eigenvalue weighted by atomic mass is 10.2. The minimum atomic E-state index is -0.155. The highest BCUT2D eigenvalue weighted by Crippen LogP contribution is 2.37. The Morgan fingerprint density at radius 2 is 2.12 bits per heavy atom. The quantitative estimate of drug-likeness (QED) is 0.587. The summed E-state index contributed by atoms with van der Waals surface area (Å²) in [6.07, 6.45) is 1.52. The Kier molecular flexibility index (Phi) is 2.49. The Morgan fingerprint density at radius 3 is 3.00 bits per heavy atom. The lowest BCUT2D eigenvalue weighted by molar-refractivity contribution is 0.102. The van der Waals surface area contributed by atoms with Crippen molar-refractivity contribution in [2.75, 3.05) is 5.32 Å². The van der Waals surface area contributed by atoms with Gasteiger partial charge in [-0.2, -0.15) is 0 Å². The molecule has 1 aromatic heterocycles. The molecule has 6 heteroatoms. The first-order valence-corrected chi connectivity index (χ1v) is 6.04. The zero-order valence-electron chi connectivity index (χ0n) is 8.48. The first-order chi connectivity index (χ1) is 8.24. The van der Waals surface area contributed by atoms with Gasteiger partial charge in [-0.15, -0.1) is 0 Å². The van der Waals surface area contributed by atoms with Crippen molar-refractivity contribution in [2.45, 2.75) is 9.92 Å². The fourth-order valence-corrected chi connectivity index (χ4v) is 2.70. The summed E-state index contributed by atoms with van der Waals surface area (Å²) in [7, 11) is 0. The molecular weight excluding hydrogens is 258 g/mol. The number of halogens is 1. The number of hydrogen-bond acceptors (Lipinski definition) is 4. The molecule has 17 heavy (non-hydrogen) atoms. The summed E-state index contributed by atoms with van der Waals surface area (Å²) in [5.74, 6) is -0.155. The van der Waals surface area contributed by atoms with E-state index in [0.717, 1.165) is 4.90 Å². The fourth-order valence-electron chi connectivity index (χ4n) is 1.55. The smallest absolute Gasteiger partial charge is 0.256 e. The Hall–Kier alpha value is -1.59. The van der Waals surface area contributed by atoms with E-state index < -0.39 is 0 Å². The number of anilines is 1. The molecule has 4 nitrogen and oxygen atoms in total. The molecular formula is C11H6ClN3OS. The third-order valence-corrected chi connectivity index (χ3v) is 3.57. The van der Waals surface area contributed by atoms with E-state index in [0.29, 0.717) is 16.3 Å². The van der Waals surface area contributed by atoms with Crippen molar-refractivity contribution >= 4 is 35.0 Å². The van der Waals surface area contributed by atoms with Gasteiger partial charge in [0.05, 0.1) is 17.4 Å². The van der Waals surface area contributed by atoms with Crippen LogP contribution >= 0.6 is 23.4 Å². The zero-order chi connectivity index (χ0) is 11.8. The number of rotatable bonds is 0. The average molecular weight is 264 g/mol. The van der Waals surface area contributed by atoms with Gasteiger partial charge in [0.15, 0.2) is 0 Å². The molecule has 0 radical (unpaired) electrons. The molecule has 0 fully saturated rings. The second-order valence-corrected chi connectivity index (χ2v) is 4.78. The van der Waals surface area contributed by atoms with Gasteiger partial charge in [0.25, 0.3) is 5.91 Å². The molecule has 0 saturated heterocycles. The average Bonchev–Trinajstić information content (AvgIpc) is 2.46. The summed E-state index contributed by atoms with van der Waals surface area (Å²) in [4.78, 5) is 20.8. The molecule has 0 unspecified atom stereocenters. The van der Waals surface area contributed by atoms with Gasteiger partial charge in [0, 0.05) is 4.90 Å². The topological polar surface area (TPSA) is 54.9 Å². The van der Waals surface area contributed by atoms with E-state index in [4.69, 9.17) is 11.6 Å². The van der Waals surface area contributed by atoms with Gasteiger partial charge < -0.3 is 5.32 Å². The molecule has 0 saturated carbocycles. The van der Waals surface area contributed by atoms with Crippen molar-refractivity contribution in [3.63, 3.8) is 0 Å². The van der Waals surface area contributed by atoms with Crippen molar-refractivity contribution in [3.05, 3.63) is 41.3 Å². The molecule has 1 amide bonds. The van der Waals surface area contributed by atoms with Crippen molar-refractivity contribution in [2.24, 2.45) is 0 Å². The Morgan fingerprint density at radius 1 is 1.29 bits per heavy atom. The Labute approximate surface area is 106 Å². The number of carbonyl (C=O) groups excluding carboxylic acids is 1. The van der Waals surface area contributed by atoms with Crippen LogP contribution in [0.2, 0.25) is 5.28 Å². The standard InChI is InChI=1S/C11H6ClN3OS/c12-11-13-5-7-10(15-11)17-8-4-2-1-3-6(8)9(16)14-7/h1-5H,(H,14,16). The molecule has 84 valence electrons. The first-order valence-electron chi connectivity index (χ1n) is 4.85. The summed E-state index contributed by atoms with van der Waals surface area (Å²) in [5, 5.41) is 3.59. The van der Waals surface area contributed by atoms with Crippen LogP contribution < -0.4 is 5.32 Å². The molecule has 0 spiro atoms. The van der Waals surface area contributed by atoms with Gasteiger partial charge in [-0.05, 0) is 23.7 Å². The van der Waals surface area contributed by atoms with Gasteiger partial charge in [-0.3, -0.25) is 4.79 Å². The van der Waals surface area contributed by atoms with E-state index in [-0.39, 0.29) is 11.2 Å². The number of benzene rings is 1. The number of amides is 1. The molecule has 1 aliphatic heterocycles. The van der Waals surface area contributed by atoms with Crippen LogP contribution in [-0.2, 0) is 0 Å². The monoisotopic (exact) mass is 263 g/mol. The molecule has 0 bridgehead atoms. The third kappa shape index (κ3) is 1.87. The van der Waals surface area contributed by atoms with Gasteiger partial charge >= 0.3 is 0 Å².